The van der Waals surface area contributed by atoms with Gasteiger partial charge in [-0.25, -0.2) is 9.36 Å². The van der Waals surface area contributed by atoms with E-state index in [1.807, 2.05) is 44.5 Å². The summed E-state index contributed by atoms with van der Waals surface area (Å²) in [7, 11) is 1.88. The Bertz CT molecular complexity index is 841. The van der Waals surface area contributed by atoms with Crippen molar-refractivity contribution in [3.05, 3.63) is 58.9 Å². The highest BCUT2D eigenvalue weighted by molar-refractivity contribution is 5.94. The third-order valence-electron chi connectivity index (χ3n) is 4.23. The first-order valence-electron chi connectivity index (χ1n) is 9.21. The Morgan fingerprint density at radius 1 is 1.07 bits per heavy atom. The molecule has 2 aromatic rings. The molecule has 0 saturated heterocycles. The van der Waals surface area contributed by atoms with E-state index in [4.69, 9.17) is 9.47 Å². The second-order valence-corrected chi connectivity index (χ2v) is 7.77. The molecule has 0 atom stereocenters. The molecule has 1 heterocycles. The third-order valence-corrected chi connectivity index (χ3v) is 4.23. The van der Waals surface area contributed by atoms with Crippen LogP contribution in [0.1, 0.15) is 40.9 Å². The standard InChI is InChI=1S/C22H28N2O4.HI/c1-15-11-16(2)20(17(3)12-15)27-13-19(25)28-14-22(4,5)23-21(26)18-7-9-24(6)10-8-18;/h7-12H,13-14H2,1-6H3;1H. The zero-order valence-electron chi connectivity index (χ0n) is 17.8. The van der Waals surface area contributed by atoms with Crippen molar-refractivity contribution in [1.29, 1.82) is 0 Å². The number of rotatable bonds is 7. The van der Waals surface area contributed by atoms with Crippen LogP contribution in [0.4, 0.5) is 0 Å². The van der Waals surface area contributed by atoms with E-state index >= 15 is 0 Å². The van der Waals surface area contributed by atoms with Crippen molar-refractivity contribution in [2.45, 2.75) is 40.2 Å². The summed E-state index contributed by atoms with van der Waals surface area (Å²) in [6, 6.07) is 7.49. The average molecular weight is 512 g/mol. The number of ether oxygens (including phenoxy) is 2. The molecule has 2 rings (SSSR count). The van der Waals surface area contributed by atoms with Crippen LogP contribution in [-0.4, -0.2) is 30.6 Å². The second-order valence-electron chi connectivity index (χ2n) is 7.77. The minimum atomic E-state index is -0.708. The fraction of sp³-hybridized carbons (Fsp3) is 0.409. The topological polar surface area (TPSA) is 68.5 Å². The van der Waals surface area contributed by atoms with Crippen molar-refractivity contribution in [3.63, 3.8) is 0 Å². The van der Waals surface area contributed by atoms with Crippen LogP contribution >= 0.6 is 0 Å². The summed E-state index contributed by atoms with van der Waals surface area (Å²) in [6.07, 6.45) is 3.60. The first kappa shape index (κ1) is 24.9. The Hall–Kier alpha value is -2.16. The van der Waals surface area contributed by atoms with E-state index in [1.165, 1.54) is 0 Å². The van der Waals surface area contributed by atoms with Crippen LogP contribution in [0.5, 0.6) is 5.75 Å². The maximum Gasteiger partial charge on any atom is 0.344 e. The number of hydrogen-bond acceptors (Lipinski definition) is 4. The molecule has 0 unspecified atom stereocenters. The molecule has 6 nitrogen and oxygen atoms in total. The molecule has 1 N–H and O–H groups in total. The van der Waals surface area contributed by atoms with Crippen molar-refractivity contribution < 1.29 is 47.6 Å². The highest BCUT2D eigenvalue weighted by Crippen LogP contribution is 2.24. The summed E-state index contributed by atoms with van der Waals surface area (Å²) < 4.78 is 12.8. The molecule has 0 aliphatic rings. The number of carbonyl (C=O) groups is 2. The van der Waals surface area contributed by atoms with Gasteiger partial charge >= 0.3 is 5.97 Å². The van der Waals surface area contributed by atoms with E-state index in [2.05, 4.69) is 5.32 Å². The Morgan fingerprint density at radius 2 is 1.62 bits per heavy atom. The van der Waals surface area contributed by atoms with Crippen molar-refractivity contribution in [3.8, 4) is 5.75 Å². The van der Waals surface area contributed by atoms with Gasteiger partial charge in [-0.3, -0.25) is 4.79 Å². The van der Waals surface area contributed by atoms with Crippen molar-refractivity contribution in [1.82, 2.24) is 5.32 Å². The van der Waals surface area contributed by atoms with Gasteiger partial charge in [-0.2, -0.15) is 0 Å². The minimum Gasteiger partial charge on any atom is -1.00 e. The monoisotopic (exact) mass is 512 g/mol. The quantitative estimate of drug-likeness (QED) is 0.311. The normalized spacial score (nSPS) is 10.7. The summed E-state index contributed by atoms with van der Waals surface area (Å²) >= 11 is 0. The molecular formula is C22H29IN2O4. The van der Waals surface area contributed by atoms with Gasteiger partial charge < -0.3 is 38.8 Å². The summed E-state index contributed by atoms with van der Waals surface area (Å²) in [5.74, 6) is 0.00425. The number of halogens is 1. The molecule has 0 spiro atoms. The predicted octanol–water partition coefficient (Wildman–Crippen LogP) is -0.429. The number of aromatic nitrogens is 1. The highest BCUT2D eigenvalue weighted by Gasteiger charge is 2.24. The zero-order chi connectivity index (χ0) is 20.9. The van der Waals surface area contributed by atoms with E-state index in [0.29, 0.717) is 11.3 Å². The van der Waals surface area contributed by atoms with Crippen LogP contribution in [0.25, 0.3) is 0 Å². The van der Waals surface area contributed by atoms with Crippen LogP contribution in [0.3, 0.4) is 0 Å². The zero-order valence-corrected chi connectivity index (χ0v) is 20.0. The average Bonchev–Trinajstić information content (AvgIpc) is 2.59. The fourth-order valence-electron chi connectivity index (χ4n) is 2.90. The van der Waals surface area contributed by atoms with Crippen LogP contribution in [0.2, 0.25) is 0 Å². The summed E-state index contributed by atoms with van der Waals surface area (Å²) in [5, 5.41) is 2.88. The molecule has 158 valence electrons. The first-order chi connectivity index (χ1) is 13.1. The van der Waals surface area contributed by atoms with Crippen LogP contribution in [0, 0.1) is 20.8 Å². The molecular weight excluding hydrogens is 483 g/mol. The van der Waals surface area contributed by atoms with Gasteiger partial charge in [0.1, 0.15) is 19.4 Å². The maximum absolute atomic E-state index is 12.3. The first-order valence-corrected chi connectivity index (χ1v) is 9.21. The maximum atomic E-state index is 12.3. The van der Waals surface area contributed by atoms with Crippen LogP contribution in [-0.2, 0) is 16.6 Å². The largest absolute Gasteiger partial charge is 1.00 e. The lowest BCUT2D eigenvalue weighted by Gasteiger charge is -2.25. The number of hydrogen-bond donors (Lipinski definition) is 1. The highest BCUT2D eigenvalue weighted by atomic mass is 127. The van der Waals surface area contributed by atoms with E-state index in [1.54, 1.807) is 38.4 Å². The van der Waals surface area contributed by atoms with E-state index in [0.717, 1.165) is 16.7 Å². The number of benzene rings is 1. The SMILES string of the molecule is Cc1cc(C)c(OCC(=O)OCC(C)(C)NC(=O)c2cc[n+](C)cc2)c(C)c1.[I-]. The van der Waals surface area contributed by atoms with Crippen molar-refractivity contribution >= 4 is 11.9 Å². The molecule has 29 heavy (non-hydrogen) atoms. The Morgan fingerprint density at radius 3 is 2.17 bits per heavy atom. The number of carbonyl (C=O) groups excluding carboxylic acids is 2. The lowest BCUT2D eigenvalue weighted by molar-refractivity contribution is -0.671. The fourth-order valence-corrected chi connectivity index (χ4v) is 2.90. The van der Waals surface area contributed by atoms with Gasteiger partial charge in [-0.15, -0.1) is 0 Å². The van der Waals surface area contributed by atoms with Gasteiger partial charge in [-0.05, 0) is 45.7 Å². The van der Waals surface area contributed by atoms with Gasteiger partial charge in [0, 0.05) is 12.1 Å². The van der Waals surface area contributed by atoms with Crippen LogP contribution in [0.15, 0.2) is 36.7 Å². The molecule has 0 saturated carbocycles. The predicted molar refractivity (Wildman–Crippen MR) is 106 cm³/mol. The molecule has 1 aromatic carbocycles. The summed E-state index contributed by atoms with van der Waals surface area (Å²) in [4.78, 5) is 24.4. The van der Waals surface area contributed by atoms with Gasteiger partial charge in [0.2, 0.25) is 0 Å². The summed E-state index contributed by atoms with van der Waals surface area (Å²) in [6.45, 7) is 9.39. The number of aryl methyl sites for hydroxylation is 4. The van der Waals surface area contributed by atoms with E-state index < -0.39 is 11.5 Å². The van der Waals surface area contributed by atoms with Crippen LogP contribution < -0.4 is 38.6 Å². The van der Waals surface area contributed by atoms with Gasteiger partial charge in [-0.1, -0.05) is 17.7 Å². The molecule has 0 aliphatic heterocycles. The molecule has 1 amide bonds. The van der Waals surface area contributed by atoms with E-state index in [9.17, 15) is 9.59 Å². The number of amides is 1. The number of nitrogens with zero attached hydrogens (tertiary/aromatic N) is 1. The molecule has 0 radical (unpaired) electrons. The lowest BCUT2D eigenvalue weighted by Crippen LogP contribution is -3.00. The third kappa shape index (κ3) is 7.64. The summed E-state index contributed by atoms with van der Waals surface area (Å²) in [5.41, 5.74) is 2.95. The van der Waals surface area contributed by atoms with Gasteiger partial charge in [0.15, 0.2) is 19.0 Å². The molecule has 7 heteroatoms. The molecule has 0 bridgehead atoms. The smallest absolute Gasteiger partial charge is 0.344 e. The number of pyridine rings is 1. The van der Waals surface area contributed by atoms with Gasteiger partial charge in [0.25, 0.3) is 5.91 Å². The molecule has 1 aromatic heterocycles. The van der Waals surface area contributed by atoms with E-state index in [-0.39, 0.29) is 43.1 Å². The van der Waals surface area contributed by atoms with Crippen molar-refractivity contribution in [2.75, 3.05) is 13.2 Å². The Labute approximate surface area is 189 Å². The molecule has 0 fully saturated rings. The lowest BCUT2D eigenvalue weighted by atomic mass is 10.1. The second kappa shape index (κ2) is 10.6. The molecule has 0 aliphatic carbocycles. The minimum absolute atomic E-state index is 0. The number of esters is 1. The number of nitrogens with one attached hydrogen (secondary N) is 1. The van der Waals surface area contributed by atoms with Gasteiger partial charge in [0.05, 0.1) is 11.1 Å². The van der Waals surface area contributed by atoms with Crippen molar-refractivity contribution in [2.24, 2.45) is 7.05 Å². The Kier molecular flexibility index (Phi) is 9.07. The Balaban J connectivity index is 0.00000420.